The van der Waals surface area contributed by atoms with Gasteiger partial charge in [0.15, 0.2) is 0 Å². The first kappa shape index (κ1) is 20.2. The second-order valence-corrected chi connectivity index (χ2v) is 8.24. The Morgan fingerprint density at radius 3 is 2.71 bits per heavy atom. The largest absolute Gasteiger partial charge is 0.340 e. The predicted molar refractivity (Wildman–Crippen MR) is 111 cm³/mol. The molecule has 0 spiro atoms. The van der Waals surface area contributed by atoms with Crippen LogP contribution in [0.4, 0.5) is 16.2 Å². The third-order valence-electron chi connectivity index (χ3n) is 4.37. The summed E-state index contributed by atoms with van der Waals surface area (Å²) in [6.07, 6.45) is 0.885. The molecule has 2 aromatic rings. The summed E-state index contributed by atoms with van der Waals surface area (Å²) in [7, 11) is 0. The molecule has 4 amide bonds. The number of nitrogens with one attached hydrogen (secondary N) is 3. The second-order valence-electron chi connectivity index (χ2n) is 6.53. The van der Waals surface area contributed by atoms with Gasteiger partial charge in [0.25, 0.3) is 5.91 Å². The smallest absolute Gasteiger partial charge is 0.321 e. The molecular formula is C19H21ClN4O3S. The highest BCUT2D eigenvalue weighted by atomic mass is 35.5. The zero-order valence-electron chi connectivity index (χ0n) is 15.5. The molecule has 2 heterocycles. The molecule has 1 saturated heterocycles. The molecule has 0 saturated carbocycles. The van der Waals surface area contributed by atoms with E-state index in [9.17, 15) is 14.4 Å². The van der Waals surface area contributed by atoms with Gasteiger partial charge in [0.1, 0.15) is 6.04 Å². The number of urea groups is 1. The summed E-state index contributed by atoms with van der Waals surface area (Å²) in [5, 5.41) is 8.27. The maximum absolute atomic E-state index is 12.4. The average molecular weight is 421 g/mol. The second kappa shape index (κ2) is 8.62. The summed E-state index contributed by atoms with van der Waals surface area (Å²) in [6, 6.07) is 7.79. The van der Waals surface area contributed by atoms with Gasteiger partial charge in [0.05, 0.1) is 9.21 Å². The molecule has 0 aliphatic carbocycles. The zero-order chi connectivity index (χ0) is 20.3. The predicted octanol–water partition coefficient (Wildman–Crippen LogP) is 3.39. The van der Waals surface area contributed by atoms with Crippen molar-refractivity contribution < 1.29 is 14.4 Å². The molecule has 3 N–H and O–H groups in total. The molecule has 7 nitrogen and oxygen atoms in total. The van der Waals surface area contributed by atoms with E-state index in [1.54, 1.807) is 30.0 Å². The van der Waals surface area contributed by atoms with Crippen molar-refractivity contribution in [2.24, 2.45) is 0 Å². The molecule has 1 aromatic carbocycles. The normalized spacial score (nSPS) is 15.0. The zero-order valence-corrected chi connectivity index (χ0v) is 17.1. The lowest BCUT2D eigenvalue weighted by Crippen LogP contribution is -2.46. The summed E-state index contributed by atoms with van der Waals surface area (Å²) >= 11 is 6.99. The van der Waals surface area contributed by atoms with Crippen molar-refractivity contribution >= 4 is 52.2 Å². The molecule has 28 heavy (non-hydrogen) atoms. The minimum atomic E-state index is -0.721. The minimum Gasteiger partial charge on any atom is -0.340 e. The first-order valence-corrected chi connectivity index (χ1v) is 10.1. The maximum atomic E-state index is 12.4. The van der Waals surface area contributed by atoms with Crippen LogP contribution in [0.25, 0.3) is 0 Å². The Bertz CT molecular complexity index is 914. The van der Waals surface area contributed by atoms with Gasteiger partial charge in [-0.25, -0.2) is 4.79 Å². The summed E-state index contributed by atoms with van der Waals surface area (Å²) in [6.45, 7) is 4.85. The van der Waals surface area contributed by atoms with Crippen molar-refractivity contribution in [3.8, 4) is 0 Å². The van der Waals surface area contributed by atoms with Crippen LogP contribution >= 0.6 is 22.9 Å². The molecule has 1 aliphatic rings. The molecule has 0 bridgehead atoms. The first-order chi connectivity index (χ1) is 13.3. The molecule has 0 radical (unpaired) electrons. The van der Waals surface area contributed by atoms with E-state index in [4.69, 9.17) is 11.6 Å². The summed E-state index contributed by atoms with van der Waals surface area (Å²) in [4.78, 5) is 38.7. The Morgan fingerprint density at radius 1 is 1.29 bits per heavy atom. The number of rotatable bonds is 5. The van der Waals surface area contributed by atoms with Crippen molar-refractivity contribution in [3.63, 3.8) is 0 Å². The SMILES string of the molecule is Cc1cc(NC(=O)C(C)NC(=O)c2ccc(Cl)s2)ccc1N1CCCNC1=O. The van der Waals surface area contributed by atoms with Gasteiger partial charge < -0.3 is 16.0 Å². The Labute approximate surface area is 172 Å². The van der Waals surface area contributed by atoms with E-state index in [1.165, 1.54) is 0 Å². The average Bonchev–Trinajstić information content (AvgIpc) is 3.09. The number of carbonyl (C=O) groups excluding carboxylic acids is 3. The van der Waals surface area contributed by atoms with Crippen molar-refractivity contribution in [1.29, 1.82) is 0 Å². The minimum absolute atomic E-state index is 0.115. The fourth-order valence-corrected chi connectivity index (χ4v) is 3.86. The highest BCUT2D eigenvalue weighted by molar-refractivity contribution is 7.18. The van der Waals surface area contributed by atoms with Crippen LogP contribution in [0.5, 0.6) is 0 Å². The molecule has 148 valence electrons. The summed E-state index contributed by atoms with van der Waals surface area (Å²) in [5.41, 5.74) is 2.29. The number of amides is 4. The van der Waals surface area contributed by atoms with Gasteiger partial charge in [-0.1, -0.05) is 11.6 Å². The van der Waals surface area contributed by atoms with E-state index in [0.29, 0.717) is 28.0 Å². The number of halogens is 1. The monoisotopic (exact) mass is 420 g/mol. The van der Waals surface area contributed by atoms with Gasteiger partial charge in [-0.05, 0) is 56.2 Å². The lowest BCUT2D eigenvalue weighted by atomic mass is 10.1. The molecular weight excluding hydrogens is 400 g/mol. The highest BCUT2D eigenvalue weighted by Crippen LogP contribution is 2.25. The number of hydrogen-bond acceptors (Lipinski definition) is 4. The van der Waals surface area contributed by atoms with Crippen molar-refractivity contribution in [3.05, 3.63) is 45.1 Å². The molecule has 9 heteroatoms. The first-order valence-electron chi connectivity index (χ1n) is 8.88. The quantitative estimate of drug-likeness (QED) is 0.692. The number of nitrogens with zero attached hydrogens (tertiary/aromatic N) is 1. The highest BCUT2D eigenvalue weighted by Gasteiger charge is 2.22. The van der Waals surface area contributed by atoms with Gasteiger partial charge in [-0.2, -0.15) is 0 Å². The van der Waals surface area contributed by atoms with Crippen LogP contribution in [0, 0.1) is 6.92 Å². The van der Waals surface area contributed by atoms with Gasteiger partial charge in [-0.3, -0.25) is 14.5 Å². The van der Waals surface area contributed by atoms with Gasteiger partial charge in [0.2, 0.25) is 5.91 Å². The van der Waals surface area contributed by atoms with Crippen LogP contribution < -0.4 is 20.9 Å². The Hall–Kier alpha value is -2.58. The van der Waals surface area contributed by atoms with Crippen molar-refractivity contribution in [2.45, 2.75) is 26.3 Å². The molecule has 1 aliphatic heterocycles. The number of hydrogen-bond donors (Lipinski definition) is 3. The number of anilines is 2. The Balaban J connectivity index is 1.62. The van der Waals surface area contributed by atoms with Crippen LogP contribution in [0.15, 0.2) is 30.3 Å². The van der Waals surface area contributed by atoms with Gasteiger partial charge >= 0.3 is 6.03 Å². The van der Waals surface area contributed by atoms with E-state index < -0.39 is 6.04 Å². The summed E-state index contributed by atoms with van der Waals surface area (Å²) in [5.74, 6) is -0.680. The standard InChI is InChI=1S/C19H21ClN4O3S/c1-11-10-13(4-5-14(11)24-9-3-8-21-19(24)27)23-17(25)12(2)22-18(26)15-6-7-16(20)28-15/h4-7,10,12H,3,8-9H2,1-2H3,(H,21,27)(H,22,26)(H,23,25). The lowest BCUT2D eigenvalue weighted by molar-refractivity contribution is -0.117. The fourth-order valence-electron chi connectivity index (χ4n) is 2.92. The van der Waals surface area contributed by atoms with E-state index in [0.717, 1.165) is 29.0 Å². The maximum Gasteiger partial charge on any atom is 0.321 e. The third-order valence-corrected chi connectivity index (χ3v) is 5.60. The third kappa shape index (κ3) is 4.63. The fraction of sp³-hybridized carbons (Fsp3) is 0.316. The molecule has 1 atom stereocenters. The molecule has 3 rings (SSSR count). The van der Waals surface area contributed by atoms with E-state index in [1.807, 2.05) is 19.1 Å². The van der Waals surface area contributed by atoms with Crippen LogP contribution in [0.3, 0.4) is 0 Å². The van der Waals surface area contributed by atoms with Crippen LogP contribution in [-0.2, 0) is 4.79 Å². The molecule has 1 fully saturated rings. The lowest BCUT2D eigenvalue weighted by Gasteiger charge is -2.29. The molecule has 1 unspecified atom stereocenters. The number of aryl methyl sites for hydroxylation is 1. The van der Waals surface area contributed by atoms with E-state index >= 15 is 0 Å². The van der Waals surface area contributed by atoms with Gasteiger partial charge in [-0.15, -0.1) is 11.3 Å². The Kier molecular flexibility index (Phi) is 6.21. The Morgan fingerprint density at radius 2 is 2.07 bits per heavy atom. The topological polar surface area (TPSA) is 90.5 Å². The van der Waals surface area contributed by atoms with Crippen LogP contribution in [-0.4, -0.2) is 37.0 Å². The number of carbonyl (C=O) groups is 3. The van der Waals surface area contributed by atoms with Crippen LogP contribution in [0.2, 0.25) is 4.34 Å². The van der Waals surface area contributed by atoms with Crippen molar-refractivity contribution in [1.82, 2.24) is 10.6 Å². The molecule has 1 aromatic heterocycles. The van der Waals surface area contributed by atoms with E-state index in [-0.39, 0.29) is 17.8 Å². The van der Waals surface area contributed by atoms with Crippen molar-refractivity contribution in [2.75, 3.05) is 23.3 Å². The van der Waals surface area contributed by atoms with Crippen LogP contribution in [0.1, 0.15) is 28.6 Å². The number of thiophene rings is 1. The number of benzene rings is 1. The van der Waals surface area contributed by atoms with E-state index in [2.05, 4.69) is 16.0 Å². The van der Waals surface area contributed by atoms with Gasteiger partial charge in [0, 0.05) is 24.5 Å². The summed E-state index contributed by atoms with van der Waals surface area (Å²) < 4.78 is 0.514.